The van der Waals surface area contributed by atoms with Crippen LogP contribution in [0.1, 0.15) is 21.8 Å². The van der Waals surface area contributed by atoms with Crippen molar-refractivity contribution in [3.63, 3.8) is 0 Å². The number of thiophene rings is 1. The fourth-order valence-electron chi connectivity index (χ4n) is 1.94. The Morgan fingerprint density at radius 3 is 2.96 bits per heavy atom. The molecule has 0 aliphatic heterocycles. The van der Waals surface area contributed by atoms with Crippen molar-refractivity contribution in [2.24, 2.45) is 0 Å². The lowest BCUT2D eigenvalue weighted by molar-refractivity contribution is -0.384. The second-order valence-electron chi connectivity index (χ2n) is 4.79. The Morgan fingerprint density at radius 2 is 2.21 bits per heavy atom. The van der Waals surface area contributed by atoms with Gasteiger partial charge < -0.3 is 4.42 Å². The summed E-state index contributed by atoms with van der Waals surface area (Å²) >= 11 is 2.71. The van der Waals surface area contributed by atoms with Gasteiger partial charge in [0, 0.05) is 17.7 Å². The number of hydrogen-bond donors (Lipinski definition) is 0. The van der Waals surface area contributed by atoms with E-state index in [1.807, 2.05) is 16.8 Å². The molecule has 0 radical (unpaired) electrons. The average Bonchev–Trinajstić information content (AvgIpc) is 3.25. The lowest BCUT2D eigenvalue weighted by Crippen LogP contribution is -2.03. The first kappa shape index (κ1) is 16.3. The molecule has 0 bridgehead atoms. The number of benzene rings is 1. The highest BCUT2D eigenvalue weighted by atomic mass is 32.2. The summed E-state index contributed by atoms with van der Waals surface area (Å²) in [6, 6.07) is 7.62. The third-order valence-corrected chi connectivity index (χ3v) is 4.64. The first-order valence-corrected chi connectivity index (χ1v) is 8.78. The van der Waals surface area contributed by atoms with Crippen LogP contribution in [0.3, 0.4) is 0 Å². The number of aromatic nitrogens is 2. The molecule has 2 aromatic heterocycles. The Labute approximate surface area is 144 Å². The molecule has 3 rings (SSSR count). The predicted octanol–water partition coefficient (Wildman–Crippen LogP) is 3.61. The van der Waals surface area contributed by atoms with E-state index in [0.29, 0.717) is 17.5 Å². The summed E-state index contributed by atoms with van der Waals surface area (Å²) in [7, 11) is 0. The maximum atomic E-state index is 12.1. The number of Topliss-reactive ketones (excluding diaryl/α,β-unsaturated/α-hetero) is 1. The van der Waals surface area contributed by atoms with Gasteiger partial charge in [0.15, 0.2) is 5.78 Å². The maximum absolute atomic E-state index is 12.1. The zero-order valence-corrected chi connectivity index (χ0v) is 13.9. The molecular formula is C15H11N3O4S2. The molecule has 0 aliphatic rings. The molecule has 0 amide bonds. The maximum Gasteiger partial charge on any atom is 0.277 e. The molecule has 3 aromatic rings. The van der Waals surface area contributed by atoms with Gasteiger partial charge in [-0.25, -0.2) is 0 Å². The van der Waals surface area contributed by atoms with Crippen LogP contribution in [0.5, 0.6) is 0 Å². The highest BCUT2D eigenvalue weighted by Crippen LogP contribution is 2.21. The molecule has 0 aliphatic carbocycles. The Morgan fingerprint density at radius 1 is 1.33 bits per heavy atom. The molecule has 0 saturated heterocycles. The van der Waals surface area contributed by atoms with E-state index in [2.05, 4.69) is 10.2 Å². The SMILES string of the molecule is O=C(CSc1nnc(Cc2ccsc2)o1)c1cccc([N+](=O)[O-])c1. The van der Waals surface area contributed by atoms with Crippen molar-refractivity contribution < 1.29 is 14.1 Å². The summed E-state index contributed by atoms with van der Waals surface area (Å²) in [5, 5.41) is 22.9. The molecule has 0 atom stereocenters. The van der Waals surface area contributed by atoms with Crippen LogP contribution in [0.4, 0.5) is 5.69 Å². The van der Waals surface area contributed by atoms with Gasteiger partial charge in [0.25, 0.3) is 10.9 Å². The van der Waals surface area contributed by atoms with E-state index >= 15 is 0 Å². The third kappa shape index (κ3) is 4.06. The van der Waals surface area contributed by atoms with Gasteiger partial charge in [-0.2, -0.15) is 11.3 Å². The molecule has 0 spiro atoms. The van der Waals surface area contributed by atoms with E-state index in [-0.39, 0.29) is 22.8 Å². The summed E-state index contributed by atoms with van der Waals surface area (Å²) < 4.78 is 5.49. The van der Waals surface area contributed by atoms with Crippen LogP contribution in [0.25, 0.3) is 0 Å². The van der Waals surface area contributed by atoms with E-state index < -0.39 is 4.92 Å². The minimum atomic E-state index is -0.529. The van der Waals surface area contributed by atoms with E-state index in [9.17, 15) is 14.9 Å². The number of hydrogen-bond acceptors (Lipinski definition) is 8. The number of nitro groups is 1. The highest BCUT2D eigenvalue weighted by Gasteiger charge is 2.14. The van der Waals surface area contributed by atoms with Gasteiger partial charge in [-0.3, -0.25) is 14.9 Å². The Bertz CT molecular complexity index is 861. The van der Waals surface area contributed by atoms with Crippen molar-refractivity contribution in [1.29, 1.82) is 0 Å². The van der Waals surface area contributed by atoms with Gasteiger partial charge in [0.1, 0.15) is 0 Å². The van der Waals surface area contributed by atoms with Crippen molar-refractivity contribution in [1.82, 2.24) is 10.2 Å². The number of rotatable bonds is 7. The topological polar surface area (TPSA) is 99.1 Å². The fourth-order valence-corrected chi connectivity index (χ4v) is 3.28. The summed E-state index contributed by atoms with van der Waals surface area (Å²) in [6.45, 7) is 0. The Hall–Kier alpha value is -2.52. The Kier molecular flexibility index (Phi) is 5.02. The second kappa shape index (κ2) is 7.37. The first-order chi connectivity index (χ1) is 11.6. The van der Waals surface area contributed by atoms with Crippen molar-refractivity contribution in [2.45, 2.75) is 11.6 Å². The first-order valence-electron chi connectivity index (χ1n) is 6.86. The van der Waals surface area contributed by atoms with E-state index in [4.69, 9.17) is 4.42 Å². The van der Waals surface area contributed by atoms with E-state index in [0.717, 1.165) is 17.3 Å². The monoisotopic (exact) mass is 361 g/mol. The summed E-state index contributed by atoms with van der Waals surface area (Å²) in [6.07, 6.45) is 0.551. The molecule has 24 heavy (non-hydrogen) atoms. The van der Waals surface area contributed by atoms with Crippen LogP contribution >= 0.6 is 23.1 Å². The second-order valence-corrected chi connectivity index (χ2v) is 6.50. The molecule has 122 valence electrons. The predicted molar refractivity (Wildman–Crippen MR) is 89.6 cm³/mol. The van der Waals surface area contributed by atoms with Crippen molar-refractivity contribution in [3.05, 3.63) is 68.2 Å². The molecule has 2 heterocycles. The minimum absolute atomic E-state index is 0.0707. The smallest absolute Gasteiger partial charge is 0.277 e. The van der Waals surface area contributed by atoms with Gasteiger partial charge in [-0.1, -0.05) is 23.9 Å². The summed E-state index contributed by atoms with van der Waals surface area (Å²) in [4.78, 5) is 22.3. The lowest BCUT2D eigenvalue weighted by Gasteiger charge is -1.99. The van der Waals surface area contributed by atoms with Crippen LogP contribution in [0.2, 0.25) is 0 Å². The number of ketones is 1. The minimum Gasteiger partial charge on any atom is -0.416 e. The number of nitrogens with zero attached hydrogens (tertiary/aromatic N) is 3. The number of carbonyl (C=O) groups is 1. The highest BCUT2D eigenvalue weighted by molar-refractivity contribution is 7.99. The van der Waals surface area contributed by atoms with Crippen LogP contribution in [0.15, 0.2) is 50.7 Å². The number of non-ortho nitro benzene ring substituents is 1. The number of nitro benzene ring substituents is 1. The largest absolute Gasteiger partial charge is 0.416 e. The van der Waals surface area contributed by atoms with E-state index in [1.165, 1.54) is 18.2 Å². The Balaban J connectivity index is 1.59. The summed E-state index contributed by atoms with van der Waals surface area (Å²) in [5.74, 6) is 0.321. The molecule has 0 saturated carbocycles. The molecule has 1 aromatic carbocycles. The molecule has 7 nitrogen and oxygen atoms in total. The van der Waals surface area contributed by atoms with Crippen LogP contribution < -0.4 is 0 Å². The normalized spacial score (nSPS) is 10.7. The molecule has 0 unspecified atom stereocenters. The zero-order valence-electron chi connectivity index (χ0n) is 12.2. The van der Waals surface area contributed by atoms with Crippen LogP contribution in [-0.4, -0.2) is 26.7 Å². The van der Waals surface area contributed by atoms with Gasteiger partial charge in [0.2, 0.25) is 5.89 Å². The molecule has 0 N–H and O–H groups in total. The third-order valence-electron chi connectivity index (χ3n) is 3.09. The van der Waals surface area contributed by atoms with E-state index in [1.54, 1.807) is 17.4 Å². The van der Waals surface area contributed by atoms with Gasteiger partial charge in [-0.05, 0) is 22.4 Å². The van der Waals surface area contributed by atoms with Gasteiger partial charge in [-0.15, -0.1) is 10.2 Å². The zero-order chi connectivity index (χ0) is 16.9. The number of carbonyl (C=O) groups excluding carboxylic acids is 1. The van der Waals surface area contributed by atoms with Crippen LogP contribution in [-0.2, 0) is 6.42 Å². The lowest BCUT2D eigenvalue weighted by atomic mass is 10.1. The molecular weight excluding hydrogens is 350 g/mol. The number of thioether (sulfide) groups is 1. The fraction of sp³-hybridized carbons (Fsp3) is 0.133. The van der Waals surface area contributed by atoms with Crippen molar-refractivity contribution >= 4 is 34.6 Å². The quantitative estimate of drug-likeness (QED) is 0.274. The average molecular weight is 361 g/mol. The van der Waals surface area contributed by atoms with Crippen molar-refractivity contribution in [3.8, 4) is 0 Å². The van der Waals surface area contributed by atoms with Gasteiger partial charge in [0.05, 0.1) is 17.1 Å². The molecule has 0 fully saturated rings. The van der Waals surface area contributed by atoms with Crippen LogP contribution in [0, 0.1) is 10.1 Å². The standard InChI is InChI=1S/C15H11N3O4S2/c19-13(11-2-1-3-12(7-11)18(20)21)9-24-15-17-16-14(22-15)6-10-4-5-23-8-10/h1-5,7-8H,6,9H2. The summed E-state index contributed by atoms with van der Waals surface area (Å²) in [5.41, 5.74) is 1.27. The van der Waals surface area contributed by atoms with Gasteiger partial charge >= 0.3 is 0 Å². The van der Waals surface area contributed by atoms with Crippen molar-refractivity contribution in [2.75, 3.05) is 5.75 Å². The molecule has 9 heteroatoms.